The van der Waals surface area contributed by atoms with Gasteiger partial charge < -0.3 is 9.42 Å². The Bertz CT molecular complexity index is 1110. The summed E-state index contributed by atoms with van der Waals surface area (Å²) >= 11 is 1.49. The SMILES string of the molecule is CCN(Cc1nc(-c2cccs2)no1)C(=O)C(C)N(c1cccc(C)c1)S(C)(=O)=O. The number of amides is 1. The molecule has 30 heavy (non-hydrogen) atoms. The molecule has 0 aliphatic rings. The van der Waals surface area contributed by atoms with Crippen LogP contribution >= 0.6 is 11.3 Å². The van der Waals surface area contributed by atoms with Crippen molar-refractivity contribution in [2.75, 3.05) is 17.1 Å². The maximum atomic E-state index is 13.2. The van der Waals surface area contributed by atoms with Crippen LogP contribution in [-0.4, -0.2) is 48.2 Å². The minimum atomic E-state index is -3.68. The summed E-state index contributed by atoms with van der Waals surface area (Å²) in [4.78, 5) is 19.9. The average molecular weight is 449 g/mol. The van der Waals surface area contributed by atoms with Crippen LogP contribution in [-0.2, 0) is 21.4 Å². The second-order valence-electron chi connectivity index (χ2n) is 6.92. The molecule has 1 aromatic carbocycles. The number of hydrogen-bond donors (Lipinski definition) is 0. The monoisotopic (exact) mass is 448 g/mol. The maximum Gasteiger partial charge on any atom is 0.246 e. The van der Waals surface area contributed by atoms with E-state index in [1.165, 1.54) is 16.2 Å². The Morgan fingerprint density at radius 1 is 1.27 bits per heavy atom. The predicted molar refractivity (Wildman–Crippen MR) is 117 cm³/mol. The van der Waals surface area contributed by atoms with Gasteiger partial charge in [0.2, 0.25) is 27.6 Å². The first-order chi connectivity index (χ1) is 14.2. The van der Waals surface area contributed by atoms with Crippen molar-refractivity contribution in [1.82, 2.24) is 15.0 Å². The van der Waals surface area contributed by atoms with Crippen molar-refractivity contribution < 1.29 is 17.7 Å². The molecule has 0 saturated carbocycles. The third-order valence-electron chi connectivity index (χ3n) is 4.55. The third kappa shape index (κ3) is 4.88. The summed E-state index contributed by atoms with van der Waals surface area (Å²) < 4.78 is 31.5. The molecule has 0 saturated heterocycles. The quantitative estimate of drug-likeness (QED) is 0.524. The van der Waals surface area contributed by atoms with Crippen molar-refractivity contribution in [2.45, 2.75) is 33.4 Å². The summed E-state index contributed by atoms with van der Waals surface area (Å²) in [6.45, 7) is 5.74. The van der Waals surface area contributed by atoms with E-state index in [0.717, 1.165) is 21.0 Å². The molecule has 2 heterocycles. The maximum absolute atomic E-state index is 13.2. The van der Waals surface area contributed by atoms with Crippen LogP contribution in [0.3, 0.4) is 0 Å². The fourth-order valence-corrected chi connectivity index (χ4v) is 4.98. The minimum Gasteiger partial charge on any atom is -0.337 e. The highest BCUT2D eigenvalue weighted by Crippen LogP contribution is 2.24. The highest BCUT2D eigenvalue weighted by Gasteiger charge is 2.32. The van der Waals surface area contributed by atoms with E-state index in [2.05, 4.69) is 10.1 Å². The molecular weight excluding hydrogens is 424 g/mol. The summed E-state index contributed by atoms with van der Waals surface area (Å²) in [6, 6.07) is 9.91. The Labute approximate surface area is 180 Å². The lowest BCUT2D eigenvalue weighted by molar-refractivity contribution is -0.132. The fraction of sp³-hybridized carbons (Fsp3) is 0.350. The Hall–Kier alpha value is -2.72. The Morgan fingerprint density at radius 3 is 2.63 bits per heavy atom. The molecule has 1 atom stereocenters. The topological polar surface area (TPSA) is 96.6 Å². The van der Waals surface area contributed by atoms with Crippen LogP contribution in [0.4, 0.5) is 5.69 Å². The molecule has 0 fully saturated rings. The Balaban J connectivity index is 1.82. The zero-order valence-corrected chi connectivity index (χ0v) is 18.9. The second kappa shape index (κ2) is 8.97. The third-order valence-corrected chi connectivity index (χ3v) is 6.66. The van der Waals surface area contributed by atoms with Gasteiger partial charge in [0.25, 0.3) is 0 Å². The van der Waals surface area contributed by atoms with Crippen molar-refractivity contribution >= 4 is 33.0 Å². The molecule has 0 radical (unpaired) electrons. The van der Waals surface area contributed by atoms with E-state index in [1.54, 1.807) is 25.1 Å². The van der Waals surface area contributed by atoms with Gasteiger partial charge in [-0.1, -0.05) is 23.4 Å². The fourth-order valence-electron chi connectivity index (χ4n) is 3.17. The molecule has 8 nitrogen and oxygen atoms in total. The van der Waals surface area contributed by atoms with E-state index < -0.39 is 16.1 Å². The number of hydrogen-bond acceptors (Lipinski definition) is 7. The van der Waals surface area contributed by atoms with Gasteiger partial charge in [0.05, 0.1) is 16.8 Å². The summed E-state index contributed by atoms with van der Waals surface area (Å²) in [6.07, 6.45) is 1.10. The number of aryl methyl sites for hydroxylation is 1. The first-order valence-corrected chi connectivity index (χ1v) is 12.1. The van der Waals surface area contributed by atoms with Crippen LogP contribution in [0.5, 0.6) is 0 Å². The lowest BCUT2D eigenvalue weighted by atomic mass is 10.2. The number of nitrogens with zero attached hydrogens (tertiary/aromatic N) is 4. The molecule has 3 aromatic rings. The van der Waals surface area contributed by atoms with Gasteiger partial charge in [0.15, 0.2) is 0 Å². The highest BCUT2D eigenvalue weighted by molar-refractivity contribution is 7.92. The molecule has 1 unspecified atom stereocenters. The van der Waals surface area contributed by atoms with E-state index >= 15 is 0 Å². The Morgan fingerprint density at radius 2 is 2.03 bits per heavy atom. The van der Waals surface area contributed by atoms with Crippen LogP contribution in [0, 0.1) is 6.92 Å². The number of sulfonamides is 1. The minimum absolute atomic E-state index is 0.101. The number of likely N-dealkylation sites (N-methyl/N-ethyl adjacent to an activating group) is 1. The van der Waals surface area contributed by atoms with E-state index in [4.69, 9.17) is 4.52 Å². The standard InChI is InChI=1S/C20H24N4O4S2/c1-5-23(13-18-21-19(22-28-18)17-10-7-11-29-17)20(25)15(3)24(30(4,26)27)16-9-6-8-14(2)12-16/h6-12,15H,5,13H2,1-4H3. The van der Waals surface area contributed by atoms with Crippen molar-refractivity contribution in [3.63, 3.8) is 0 Å². The molecule has 0 aliphatic carbocycles. The van der Waals surface area contributed by atoms with Crippen molar-refractivity contribution in [3.05, 3.63) is 53.2 Å². The van der Waals surface area contributed by atoms with Gasteiger partial charge in [0, 0.05) is 6.54 Å². The number of rotatable bonds is 8. The zero-order valence-electron chi connectivity index (χ0n) is 17.3. The van der Waals surface area contributed by atoms with Gasteiger partial charge in [0.1, 0.15) is 12.6 Å². The second-order valence-corrected chi connectivity index (χ2v) is 9.72. The summed E-state index contributed by atoms with van der Waals surface area (Å²) in [5.41, 5.74) is 1.35. The van der Waals surface area contributed by atoms with E-state index in [1.807, 2.05) is 37.4 Å². The number of anilines is 1. The summed E-state index contributed by atoms with van der Waals surface area (Å²) in [5.74, 6) is 0.414. The van der Waals surface area contributed by atoms with Gasteiger partial charge in [-0.15, -0.1) is 11.3 Å². The normalized spacial score (nSPS) is 12.5. The number of carbonyl (C=O) groups is 1. The molecule has 2 aromatic heterocycles. The number of benzene rings is 1. The van der Waals surface area contributed by atoms with Crippen LogP contribution in [0.2, 0.25) is 0 Å². The molecular formula is C20H24N4O4S2. The van der Waals surface area contributed by atoms with Crippen molar-refractivity contribution in [3.8, 4) is 10.7 Å². The molecule has 0 spiro atoms. The number of thiophene rings is 1. The lowest BCUT2D eigenvalue weighted by Crippen LogP contribution is -2.49. The van der Waals surface area contributed by atoms with Crippen LogP contribution < -0.4 is 4.31 Å². The average Bonchev–Trinajstić information content (AvgIpc) is 3.36. The largest absolute Gasteiger partial charge is 0.337 e. The first-order valence-electron chi connectivity index (χ1n) is 9.42. The smallest absolute Gasteiger partial charge is 0.246 e. The molecule has 10 heteroatoms. The van der Waals surface area contributed by atoms with Gasteiger partial charge in [-0.3, -0.25) is 9.10 Å². The molecule has 0 N–H and O–H groups in total. The molecule has 0 aliphatic heterocycles. The molecule has 3 rings (SSSR count). The molecule has 0 bridgehead atoms. The van der Waals surface area contributed by atoms with Crippen LogP contribution in [0.25, 0.3) is 10.7 Å². The number of carbonyl (C=O) groups excluding carboxylic acids is 1. The first kappa shape index (κ1) is 22.0. The van der Waals surface area contributed by atoms with Gasteiger partial charge in [-0.05, 0) is 49.9 Å². The van der Waals surface area contributed by atoms with Crippen molar-refractivity contribution in [1.29, 1.82) is 0 Å². The van der Waals surface area contributed by atoms with Crippen LogP contribution in [0.1, 0.15) is 25.3 Å². The van der Waals surface area contributed by atoms with E-state index in [0.29, 0.717) is 23.9 Å². The summed E-state index contributed by atoms with van der Waals surface area (Å²) in [5, 5.41) is 5.88. The van der Waals surface area contributed by atoms with Crippen molar-refractivity contribution in [2.24, 2.45) is 0 Å². The predicted octanol–water partition coefficient (Wildman–Crippen LogP) is 3.31. The van der Waals surface area contributed by atoms with Gasteiger partial charge >= 0.3 is 0 Å². The van der Waals surface area contributed by atoms with E-state index in [9.17, 15) is 13.2 Å². The number of aromatic nitrogens is 2. The van der Waals surface area contributed by atoms with Crippen LogP contribution in [0.15, 0.2) is 46.3 Å². The molecule has 1 amide bonds. The molecule has 160 valence electrons. The van der Waals surface area contributed by atoms with Gasteiger partial charge in [-0.2, -0.15) is 4.98 Å². The Kier molecular flexibility index (Phi) is 6.57. The van der Waals surface area contributed by atoms with Gasteiger partial charge in [-0.25, -0.2) is 8.42 Å². The zero-order chi connectivity index (χ0) is 21.9. The summed E-state index contributed by atoms with van der Waals surface area (Å²) in [7, 11) is -3.68. The van der Waals surface area contributed by atoms with E-state index in [-0.39, 0.29) is 12.5 Å². The lowest BCUT2D eigenvalue weighted by Gasteiger charge is -2.32. The highest BCUT2D eigenvalue weighted by atomic mass is 32.2.